The number of nitrogens with one attached hydrogen (secondary N) is 2. The van der Waals surface area contributed by atoms with Gasteiger partial charge in [-0.1, -0.05) is 6.07 Å². The summed E-state index contributed by atoms with van der Waals surface area (Å²) in [4.78, 5) is 4.25. The van der Waals surface area contributed by atoms with Crippen molar-refractivity contribution in [3.05, 3.63) is 59.0 Å². The SMILES string of the molecule is C[C@H](CNC[C@H](O)c1ccsc1)NS(=O)(=O)c1ccc2cnccc2c1.Cl. The van der Waals surface area contributed by atoms with Gasteiger partial charge in [0.2, 0.25) is 10.0 Å². The third kappa shape index (κ3) is 5.71. The van der Waals surface area contributed by atoms with Crippen LogP contribution in [0.5, 0.6) is 0 Å². The Morgan fingerprint density at radius 2 is 2.00 bits per heavy atom. The average molecular weight is 428 g/mol. The van der Waals surface area contributed by atoms with Crippen molar-refractivity contribution in [2.45, 2.75) is 24.0 Å². The average Bonchev–Trinajstić information content (AvgIpc) is 3.15. The number of aliphatic hydroxyl groups is 1. The Morgan fingerprint density at radius 1 is 1.19 bits per heavy atom. The van der Waals surface area contributed by atoms with Gasteiger partial charge in [0, 0.05) is 36.9 Å². The molecule has 2 aromatic heterocycles. The predicted molar refractivity (Wildman–Crippen MR) is 111 cm³/mol. The number of rotatable bonds is 8. The number of sulfonamides is 1. The van der Waals surface area contributed by atoms with Crippen molar-refractivity contribution >= 4 is 44.5 Å². The van der Waals surface area contributed by atoms with Crippen LogP contribution >= 0.6 is 23.7 Å². The molecular formula is C18H22ClN3O3S2. The van der Waals surface area contributed by atoms with Gasteiger partial charge in [0.25, 0.3) is 0 Å². The largest absolute Gasteiger partial charge is 0.387 e. The number of pyridine rings is 1. The zero-order valence-corrected chi connectivity index (χ0v) is 17.2. The van der Waals surface area contributed by atoms with E-state index in [0.717, 1.165) is 16.3 Å². The maximum Gasteiger partial charge on any atom is 0.240 e. The van der Waals surface area contributed by atoms with Crippen LogP contribution < -0.4 is 10.0 Å². The summed E-state index contributed by atoms with van der Waals surface area (Å²) in [5.41, 5.74) is 0.862. The van der Waals surface area contributed by atoms with E-state index in [1.165, 1.54) is 11.3 Å². The molecule has 0 aliphatic rings. The lowest BCUT2D eigenvalue weighted by molar-refractivity contribution is 0.174. The van der Waals surface area contributed by atoms with Gasteiger partial charge in [-0.05, 0) is 52.9 Å². The topological polar surface area (TPSA) is 91.3 Å². The number of aromatic nitrogens is 1. The van der Waals surface area contributed by atoms with Crippen LogP contribution in [0.3, 0.4) is 0 Å². The second-order valence-corrected chi connectivity index (χ2v) is 8.63. The molecule has 2 heterocycles. The number of hydrogen-bond donors (Lipinski definition) is 3. The molecule has 0 spiro atoms. The Kier molecular flexibility index (Phi) is 7.72. The van der Waals surface area contributed by atoms with Crippen LogP contribution in [0.4, 0.5) is 0 Å². The number of halogens is 1. The minimum absolute atomic E-state index is 0. The molecule has 3 N–H and O–H groups in total. The molecule has 27 heavy (non-hydrogen) atoms. The minimum Gasteiger partial charge on any atom is -0.387 e. The van der Waals surface area contributed by atoms with E-state index in [0.29, 0.717) is 13.1 Å². The molecule has 0 saturated carbocycles. The van der Waals surface area contributed by atoms with Crippen LogP contribution in [0, 0.1) is 0 Å². The maximum absolute atomic E-state index is 12.6. The van der Waals surface area contributed by atoms with Gasteiger partial charge in [-0.25, -0.2) is 13.1 Å². The molecule has 0 fully saturated rings. The van der Waals surface area contributed by atoms with Gasteiger partial charge in [-0.2, -0.15) is 11.3 Å². The van der Waals surface area contributed by atoms with Crippen molar-refractivity contribution in [3.63, 3.8) is 0 Å². The summed E-state index contributed by atoms with van der Waals surface area (Å²) in [6, 6.07) is 8.30. The van der Waals surface area contributed by atoms with Gasteiger partial charge in [-0.3, -0.25) is 4.98 Å². The van der Waals surface area contributed by atoms with Crippen molar-refractivity contribution in [3.8, 4) is 0 Å². The Hall–Kier alpha value is -1.55. The number of nitrogens with zero attached hydrogens (tertiary/aromatic N) is 1. The van der Waals surface area contributed by atoms with Crippen LogP contribution in [-0.2, 0) is 10.0 Å². The van der Waals surface area contributed by atoms with Crippen LogP contribution in [0.15, 0.2) is 58.4 Å². The molecule has 0 saturated heterocycles. The van der Waals surface area contributed by atoms with Crippen molar-refractivity contribution in [2.24, 2.45) is 0 Å². The normalized spacial score (nSPS) is 13.9. The fourth-order valence-electron chi connectivity index (χ4n) is 2.62. The summed E-state index contributed by atoms with van der Waals surface area (Å²) in [5.74, 6) is 0. The highest BCUT2D eigenvalue weighted by Crippen LogP contribution is 2.18. The Labute approximate surface area is 169 Å². The van der Waals surface area contributed by atoms with Crippen LogP contribution in [0.1, 0.15) is 18.6 Å². The van der Waals surface area contributed by atoms with Crippen LogP contribution in [0.25, 0.3) is 10.8 Å². The molecule has 0 unspecified atom stereocenters. The lowest BCUT2D eigenvalue weighted by Gasteiger charge is -2.17. The summed E-state index contributed by atoms with van der Waals surface area (Å²) >= 11 is 1.53. The summed E-state index contributed by atoms with van der Waals surface area (Å²) in [5, 5.41) is 18.7. The first-order chi connectivity index (χ1) is 12.5. The molecule has 2 atom stereocenters. The highest BCUT2D eigenvalue weighted by Gasteiger charge is 2.18. The smallest absolute Gasteiger partial charge is 0.240 e. The first kappa shape index (κ1) is 21.7. The molecular weight excluding hydrogens is 406 g/mol. The van der Waals surface area contributed by atoms with E-state index in [4.69, 9.17) is 0 Å². The number of aliphatic hydroxyl groups excluding tert-OH is 1. The third-order valence-corrected chi connectivity index (χ3v) is 6.28. The summed E-state index contributed by atoms with van der Waals surface area (Å²) in [7, 11) is -3.62. The van der Waals surface area contributed by atoms with Crippen molar-refractivity contribution in [1.82, 2.24) is 15.0 Å². The molecule has 0 aliphatic heterocycles. The van der Waals surface area contributed by atoms with E-state index in [1.54, 1.807) is 43.6 Å². The number of hydrogen-bond acceptors (Lipinski definition) is 6. The van der Waals surface area contributed by atoms with Crippen molar-refractivity contribution < 1.29 is 13.5 Å². The summed E-state index contributed by atoms with van der Waals surface area (Å²) in [6.07, 6.45) is 2.74. The molecule has 0 bridgehead atoms. The Balaban J connectivity index is 0.00000261. The number of benzene rings is 1. The zero-order chi connectivity index (χ0) is 18.6. The van der Waals surface area contributed by atoms with E-state index in [9.17, 15) is 13.5 Å². The highest BCUT2D eigenvalue weighted by atomic mass is 35.5. The van der Waals surface area contributed by atoms with E-state index in [-0.39, 0.29) is 23.3 Å². The fraction of sp³-hybridized carbons (Fsp3) is 0.278. The van der Waals surface area contributed by atoms with Gasteiger partial charge in [0.15, 0.2) is 0 Å². The van der Waals surface area contributed by atoms with Gasteiger partial charge in [0.05, 0.1) is 11.0 Å². The van der Waals surface area contributed by atoms with Gasteiger partial charge in [0.1, 0.15) is 0 Å². The molecule has 146 valence electrons. The number of fused-ring (bicyclic) bond motifs is 1. The van der Waals surface area contributed by atoms with E-state index >= 15 is 0 Å². The molecule has 3 aromatic rings. The van der Waals surface area contributed by atoms with E-state index in [1.807, 2.05) is 16.8 Å². The quantitative estimate of drug-likeness (QED) is 0.514. The Bertz CT molecular complexity index is 965. The van der Waals surface area contributed by atoms with Crippen LogP contribution in [-0.4, -0.2) is 37.6 Å². The van der Waals surface area contributed by atoms with Crippen LogP contribution in [0.2, 0.25) is 0 Å². The van der Waals surface area contributed by atoms with Gasteiger partial charge in [-0.15, -0.1) is 12.4 Å². The summed E-state index contributed by atoms with van der Waals surface area (Å²) < 4.78 is 27.8. The molecule has 0 aliphatic carbocycles. The third-order valence-electron chi connectivity index (χ3n) is 3.99. The second kappa shape index (κ2) is 9.59. The zero-order valence-electron chi connectivity index (χ0n) is 14.7. The van der Waals surface area contributed by atoms with E-state index in [2.05, 4.69) is 15.0 Å². The minimum atomic E-state index is -3.62. The molecule has 6 nitrogen and oxygen atoms in total. The molecule has 0 amide bonds. The standard InChI is InChI=1S/C18H21N3O3S2.ClH/c1-13(9-20-11-18(22)16-5-7-25-12-16)21-26(23,24)17-3-2-15-10-19-6-4-14(15)8-17;/h2-8,10,12-13,18,20-22H,9,11H2,1H3;1H/t13-,18+;/m1./s1. The van der Waals surface area contributed by atoms with Gasteiger partial charge < -0.3 is 10.4 Å². The van der Waals surface area contributed by atoms with Gasteiger partial charge >= 0.3 is 0 Å². The summed E-state index contributed by atoms with van der Waals surface area (Å²) in [6.45, 7) is 2.57. The lowest BCUT2D eigenvalue weighted by atomic mass is 10.2. The van der Waals surface area contributed by atoms with Crippen molar-refractivity contribution in [1.29, 1.82) is 0 Å². The number of thiophene rings is 1. The predicted octanol–water partition coefficient (Wildman–Crippen LogP) is 2.71. The second-order valence-electron chi connectivity index (χ2n) is 6.14. The molecule has 1 aromatic carbocycles. The Morgan fingerprint density at radius 3 is 2.74 bits per heavy atom. The molecule has 0 radical (unpaired) electrons. The van der Waals surface area contributed by atoms with E-state index < -0.39 is 16.1 Å². The monoisotopic (exact) mass is 427 g/mol. The fourth-order valence-corrected chi connectivity index (χ4v) is 4.61. The molecule has 3 rings (SSSR count). The maximum atomic E-state index is 12.6. The first-order valence-corrected chi connectivity index (χ1v) is 10.7. The first-order valence-electron chi connectivity index (χ1n) is 8.23. The lowest BCUT2D eigenvalue weighted by Crippen LogP contribution is -2.40. The van der Waals surface area contributed by atoms with Crippen molar-refractivity contribution in [2.75, 3.05) is 13.1 Å². The molecule has 9 heteroatoms. The highest BCUT2D eigenvalue weighted by molar-refractivity contribution is 7.89.